The first-order valence-corrected chi connectivity index (χ1v) is 9.66. The first-order chi connectivity index (χ1) is 13.3. The molecular weight excluding hydrogens is 344 g/mol. The minimum atomic E-state index is -0.493. The van der Waals surface area contributed by atoms with Crippen LogP contribution in [0.2, 0.25) is 0 Å². The summed E-state index contributed by atoms with van der Waals surface area (Å²) >= 11 is 0. The third kappa shape index (κ3) is 7.30. The molecule has 1 aliphatic heterocycles. The number of nitrogens with zero attached hydrogens (tertiary/aromatic N) is 3. The average molecular weight is 374 g/mol. The highest BCUT2D eigenvalue weighted by Gasteiger charge is 2.15. The summed E-state index contributed by atoms with van der Waals surface area (Å²) in [6.45, 7) is 6.88. The van der Waals surface area contributed by atoms with Crippen molar-refractivity contribution in [1.29, 1.82) is 0 Å². The minimum Gasteiger partial charge on any atom is -0.491 e. The number of hydrogen-bond acceptors (Lipinski definition) is 6. The maximum absolute atomic E-state index is 10.2. The Labute approximate surface area is 160 Å². The van der Waals surface area contributed by atoms with Gasteiger partial charge < -0.3 is 24.5 Å². The summed E-state index contributed by atoms with van der Waals surface area (Å²) in [6.07, 6.45) is 6.19. The minimum absolute atomic E-state index is 0.305. The van der Waals surface area contributed by atoms with E-state index in [2.05, 4.69) is 25.8 Å². The van der Waals surface area contributed by atoms with Crippen molar-refractivity contribution in [3.8, 4) is 5.75 Å². The molecule has 1 fully saturated rings. The Balaban J connectivity index is 1.32. The zero-order chi connectivity index (χ0) is 18.7. The molecule has 0 aliphatic carbocycles. The molecule has 7 heteroatoms. The van der Waals surface area contributed by atoms with E-state index in [1.54, 1.807) is 6.20 Å². The number of aliphatic hydroxyl groups excluding tert-OH is 1. The molecule has 0 spiro atoms. The zero-order valence-electron chi connectivity index (χ0n) is 15.8. The molecule has 7 nitrogen and oxygen atoms in total. The molecule has 2 heterocycles. The maximum atomic E-state index is 10.2. The van der Waals surface area contributed by atoms with Crippen LogP contribution < -0.4 is 10.1 Å². The van der Waals surface area contributed by atoms with Gasteiger partial charge in [-0.05, 0) is 30.7 Å². The quantitative estimate of drug-likeness (QED) is 0.575. The number of imidazole rings is 1. The first kappa shape index (κ1) is 19.8. The molecule has 0 amide bonds. The van der Waals surface area contributed by atoms with Gasteiger partial charge in [-0.15, -0.1) is 0 Å². The Morgan fingerprint density at radius 2 is 2.19 bits per heavy atom. The van der Waals surface area contributed by atoms with Crippen molar-refractivity contribution in [3.05, 3.63) is 48.5 Å². The fraction of sp³-hybridized carbons (Fsp3) is 0.550. The number of aryl methyl sites for hydroxylation is 1. The van der Waals surface area contributed by atoms with E-state index >= 15 is 0 Å². The van der Waals surface area contributed by atoms with Crippen molar-refractivity contribution in [2.45, 2.75) is 25.6 Å². The Morgan fingerprint density at radius 1 is 1.30 bits per heavy atom. The predicted octanol–water partition coefficient (Wildman–Crippen LogP) is 1.13. The van der Waals surface area contributed by atoms with Crippen LogP contribution in [0.5, 0.6) is 5.75 Å². The van der Waals surface area contributed by atoms with Crippen LogP contribution in [-0.4, -0.2) is 71.7 Å². The zero-order valence-corrected chi connectivity index (χ0v) is 15.8. The Hall–Kier alpha value is -1.93. The van der Waals surface area contributed by atoms with Crippen LogP contribution in [0.3, 0.4) is 0 Å². The molecule has 148 valence electrons. The van der Waals surface area contributed by atoms with Crippen molar-refractivity contribution in [2.75, 3.05) is 46.0 Å². The van der Waals surface area contributed by atoms with Gasteiger partial charge in [-0.25, -0.2) is 4.98 Å². The first-order valence-electron chi connectivity index (χ1n) is 9.66. The van der Waals surface area contributed by atoms with Crippen LogP contribution in [0.15, 0.2) is 43.0 Å². The summed E-state index contributed by atoms with van der Waals surface area (Å²) < 4.78 is 13.2. The van der Waals surface area contributed by atoms with Crippen LogP contribution in [0.25, 0.3) is 0 Å². The fourth-order valence-corrected chi connectivity index (χ4v) is 3.11. The molecular formula is C20H30N4O3. The molecule has 1 saturated heterocycles. The van der Waals surface area contributed by atoms with Crippen molar-refractivity contribution in [3.63, 3.8) is 0 Å². The topological polar surface area (TPSA) is 71.8 Å². The Kier molecular flexibility index (Phi) is 8.10. The SMILES string of the molecule is OC(COc1cccc(CNCCCn2ccnc2)c1)CN1CCOCC1. The summed E-state index contributed by atoms with van der Waals surface area (Å²) in [7, 11) is 0. The van der Waals surface area contributed by atoms with Gasteiger partial charge in [0.2, 0.25) is 0 Å². The highest BCUT2D eigenvalue weighted by molar-refractivity contribution is 5.28. The fourth-order valence-electron chi connectivity index (χ4n) is 3.11. The van der Waals surface area contributed by atoms with Crippen molar-refractivity contribution < 1.29 is 14.6 Å². The van der Waals surface area contributed by atoms with Crippen LogP contribution in [0.1, 0.15) is 12.0 Å². The van der Waals surface area contributed by atoms with Crippen molar-refractivity contribution >= 4 is 0 Å². The lowest BCUT2D eigenvalue weighted by atomic mass is 10.2. The van der Waals surface area contributed by atoms with E-state index in [4.69, 9.17) is 9.47 Å². The molecule has 1 aliphatic rings. The number of benzene rings is 1. The van der Waals surface area contributed by atoms with Crippen LogP contribution in [-0.2, 0) is 17.8 Å². The highest BCUT2D eigenvalue weighted by atomic mass is 16.5. The molecule has 0 radical (unpaired) electrons. The Morgan fingerprint density at radius 3 is 3.00 bits per heavy atom. The van der Waals surface area contributed by atoms with Crippen molar-refractivity contribution in [2.24, 2.45) is 0 Å². The van der Waals surface area contributed by atoms with Gasteiger partial charge in [-0.2, -0.15) is 0 Å². The van der Waals surface area contributed by atoms with E-state index in [1.807, 2.05) is 30.7 Å². The summed E-state index contributed by atoms with van der Waals surface area (Å²) in [4.78, 5) is 6.25. The number of aliphatic hydroxyl groups is 1. The molecule has 0 bridgehead atoms. The lowest BCUT2D eigenvalue weighted by Gasteiger charge is -2.28. The van der Waals surface area contributed by atoms with Gasteiger partial charge in [0.05, 0.1) is 19.5 Å². The Bertz CT molecular complexity index is 644. The number of ether oxygens (including phenoxy) is 2. The van der Waals surface area contributed by atoms with E-state index in [0.717, 1.165) is 58.1 Å². The summed E-state index contributed by atoms with van der Waals surface area (Å²) in [5.41, 5.74) is 1.18. The number of rotatable bonds is 11. The van der Waals surface area contributed by atoms with Gasteiger partial charge >= 0.3 is 0 Å². The number of morpholine rings is 1. The molecule has 2 aromatic rings. The molecule has 2 N–H and O–H groups in total. The van der Waals surface area contributed by atoms with E-state index in [0.29, 0.717) is 13.2 Å². The average Bonchev–Trinajstić information content (AvgIpc) is 3.21. The normalized spacial score (nSPS) is 16.3. The second kappa shape index (κ2) is 11.0. The molecule has 1 unspecified atom stereocenters. The van der Waals surface area contributed by atoms with Crippen molar-refractivity contribution in [1.82, 2.24) is 19.8 Å². The van der Waals surface area contributed by atoms with Gasteiger partial charge in [-0.1, -0.05) is 12.1 Å². The second-order valence-corrected chi connectivity index (χ2v) is 6.86. The molecule has 1 aromatic carbocycles. The second-order valence-electron chi connectivity index (χ2n) is 6.86. The molecule has 1 atom stereocenters. The number of nitrogens with one attached hydrogen (secondary N) is 1. The smallest absolute Gasteiger partial charge is 0.119 e. The maximum Gasteiger partial charge on any atom is 0.119 e. The molecule has 1 aromatic heterocycles. The largest absolute Gasteiger partial charge is 0.491 e. The lowest BCUT2D eigenvalue weighted by Crippen LogP contribution is -2.42. The van der Waals surface area contributed by atoms with E-state index in [9.17, 15) is 5.11 Å². The monoisotopic (exact) mass is 374 g/mol. The van der Waals surface area contributed by atoms with E-state index in [-0.39, 0.29) is 0 Å². The summed E-state index contributed by atoms with van der Waals surface area (Å²) in [5.74, 6) is 0.800. The third-order valence-electron chi connectivity index (χ3n) is 4.57. The third-order valence-corrected chi connectivity index (χ3v) is 4.57. The number of aromatic nitrogens is 2. The van der Waals surface area contributed by atoms with E-state index < -0.39 is 6.10 Å². The van der Waals surface area contributed by atoms with Gasteiger partial charge in [0.25, 0.3) is 0 Å². The molecule has 27 heavy (non-hydrogen) atoms. The predicted molar refractivity (Wildman–Crippen MR) is 104 cm³/mol. The van der Waals surface area contributed by atoms with Crippen LogP contribution >= 0.6 is 0 Å². The highest BCUT2D eigenvalue weighted by Crippen LogP contribution is 2.14. The molecule has 0 saturated carbocycles. The van der Waals surface area contributed by atoms with Crippen LogP contribution in [0, 0.1) is 0 Å². The van der Waals surface area contributed by atoms with Gasteiger partial charge in [0.1, 0.15) is 18.5 Å². The standard InChI is InChI=1S/C20H30N4O3/c25-19(15-23-9-11-26-12-10-23)16-27-20-4-1-3-18(13-20)14-21-5-2-7-24-8-6-22-17-24/h1,3-4,6,8,13,17,19,21,25H,2,5,7,9-12,14-16H2. The van der Waals surface area contributed by atoms with Gasteiger partial charge in [0, 0.05) is 45.1 Å². The van der Waals surface area contributed by atoms with Crippen LogP contribution in [0.4, 0.5) is 0 Å². The van der Waals surface area contributed by atoms with E-state index in [1.165, 1.54) is 5.56 Å². The van der Waals surface area contributed by atoms with Gasteiger partial charge in [-0.3, -0.25) is 4.90 Å². The number of hydrogen-bond donors (Lipinski definition) is 2. The van der Waals surface area contributed by atoms with Gasteiger partial charge in [0.15, 0.2) is 0 Å². The number of β-amino-alcohol motifs (C(OH)–C–C–N with tert-alkyl or cyclic N) is 1. The molecule has 3 rings (SSSR count). The summed E-state index contributed by atoms with van der Waals surface area (Å²) in [6, 6.07) is 8.04. The summed E-state index contributed by atoms with van der Waals surface area (Å²) in [5, 5.41) is 13.6. The lowest BCUT2D eigenvalue weighted by molar-refractivity contribution is 0.00465.